The van der Waals surface area contributed by atoms with Crippen molar-refractivity contribution >= 4 is 5.84 Å². The Bertz CT molecular complexity index is 594. The van der Waals surface area contributed by atoms with Crippen molar-refractivity contribution in [3.05, 3.63) is 70.8 Å². The van der Waals surface area contributed by atoms with E-state index < -0.39 is 0 Å². The molecule has 3 rings (SSSR count). The second-order valence-electron chi connectivity index (χ2n) is 5.03. The van der Waals surface area contributed by atoms with Gasteiger partial charge in [-0.05, 0) is 22.8 Å². The zero-order chi connectivity index (χ0) is 13.2. The van der Waals surface area contributed by atoms with Crippen LogP contribution in [0.2, 0.25) is 0 Å². The number of nitrogens with one attached hydrogen (secondary N) is 1. The number of nitrogen functional groups attached to an aromatic ring is 1. The van der Waals surface area contributed by atoms with Crippen LogP contribution in [0.1, 0.15) is 22.3 Å². The molecule has 0 bridgehead atoms. The molecule has 0 radical (unpaired) electrons. The number of nitrogens with zero attached hydrogens (tertiary/aromatic N) is 1. The fourth-order valence-corrected chi connectivity index (χ4v) is 2.61. The van der Waals surface area contributed by atoms with Crippen molar-refractivity contribution in [2.24, 2.45) is 5.73 Å². The number of benzene rings is 2. The third kappa shape index (κ3) is 2.51. The number of rotatable bonds is 3. The van der Waals surface area contributed by atoms with E-state index in [9.17, 15) is 0 Å². The van der Waals surface area contributed by atoms with Gasteiger partial charge in [0.2, 0.25) is 0 Å². The maximum absolute atomic E-state index is 7.49. The number of nitrogens with two attached hydrogens (primary N) is 1. The van der Waals surface area contributed by atoms with Gasteiger partial charge in [0.15, 0.2) is 0 Å². The molecule has 0 fully saturated rings. The average molecular weight is 251 g/mol. The van der Waals surface area contributed by atoms with Crippen LogP contribution in [-0.4, -0.2) is 10.7 Å². The van der Waals surface area contributed by atoms with Crippen LogP contribution in [0, 0.1) is 5.41 Å². The Kier molecular flexibility index (Phi) is 3.05. The third-order valence-corrected chi connectivity index (χ3v) is 3.55. The molecule has 0 amide bonds. The first-order chi connectivity index (χ1) is 9.22. The van der Waals surface area contributed by atoms with Crippen molar-refractivity contribution in [2.45, 2.75) is 19.6 Å². The molecule has 3 nitrogen and oxygen atoms in total. The normalized spacial score (nSPS) is 14.3. The molecule has 0 saturated carbocycles. The molecule has 0 atom stereocenters. The predicted octanol–water partition coefficient (Wildman–Crippen LogP) is 2.49. The van der Waals surface area contributed by atoms with Gasteiger partial charge in [0.05, 0.1) is 0 Å². The molecule has 3 heteroatoms. The Morgan fingerprint density at radius 1 is 1.05 bits per heavy atom. The summed E-state index contributed by atoms with van der Waals surface area (Å²) in [5.74, 6) is 0.131. The highest BCUT2D eigenvalue weighted by atomic mass is 15.1. The first-order valence-corrected chi connectivity index (χ1v) is 6.45. The highest BCUT2D eigenvalue weighted by Gasteiger charge is 2.18. The Hall–Kier alpha value is -2.13. The van der Waals surface area contributed by atoms with E-state index in [1.807, 2.05) is 18.2 Å². The topological polar surface area (TPSA) is 53.1 Å². The lowest BCUT2D eigenvalue weighted by molar-refractivity contribution is 0.275. The number of amidine groups is 1. The van der Waals surface area contributed by atoms with Gasteiger partial charge in [-0.15, -0.1) is 0 Å². The van der Waals surface area contributed by atoms with Gasteiger partial charge in [-0.2, -0.15) is 0 Å². The highest BCUT2D eigenvalue weighted by molar-refractivity contribution is 5.95. The van der Waals surface area contributed by atoms with E-state index in [1.165, 1.54) is 16.7 Å². The van der Waals surface area contributed by atoms with Gasteiger partial charge in [-0.3, -0.25) is 10.3 Å². The summed E-state index contributed by atoms with van der Waals surface area (Å²) in [6.07, 6.45) is 0. The van der Waals surface area contributed by atoms with Crippen LogP contribution in [0.4, 0.5) is 0 Å². The minimum absolute atomic E-state index is 0.131. The van der Waals surface area contributed by atoms with Gasteiger partial charge < -0.3 is 5.73 Å². The molecule has 2 aromatic carbocycles. The average Bonchev–Trinajstić information content (AvgIpc) is 2.81. The standard InChI is InChI=1S/C16H17N3/c17-16(18)13-7-3-4-12(8-13)9-19-10-14-5-1-2-6-15(14)11-19/h1-8H,9-11H2,(H3,17,18). The quantitative estimate of drug-likeness (QED) is 0.650. The molecule has 0 spiro atoms. The molecule has 19 heavy (non-hydrogen) atoms. The summed E-state index contributed by atoms with van der Waals surface area (Å²) in [6, 6.07) is 16.5. The van der Waals surface area contributed by atoms with Gasteiger partial charge in [0.25, 0.3) is 0 Å². The summed E-state index contributed by atoms with van der Waals surface area (Å²) >= 11 is 0. The van der Waals surface area contributed by atoms with Crippen LogP contribution in [0.5, 0.6) is 0 Å². The zero-order valence-electron chi connectivity index (χ0n) is 10.8. The summed E-state index contributed by atoms with van der Waals surface area (Å²) in [6.45, 7) is 2.90. The van der Waals surface area contributed by atoms with E-state index in [4.69, 9.17) is 11.1 Å². The first-order valence-electron chi connectivity index (χ1n) is 6.45. The molecule has 1 heterocycles. The van der Waals surface area contributed by atoms with Crippen LogP contribution in [0.15, 0.2) is 48.5 Å². The monoisotopic (exact) mass is 251 g/mol. The molecule has 0 aliphatic carbocycles. The predicted molar refractivity (Wildman–Crippen MR) is 76.9 cm³/mol. The minimum Gasteiger partial charge on any atom is -0.384 e. The summed E-state index contributed by atoms with van der Waals surface area (Å²) in [4.78, 5) is 2.41. The molecule has 0 saturated heterocycles. The molecule has 0 aromatic heterocycles. The highest BCUT2D eigenvalue weighted by Crippen LogP contribution is 2.23. The van der Waals surface area contributed by atoms with E-state index in [2.05, 4.69) is 35.2 Å². The molecule has 96 valence electrons. The second-order valence-corrected chi connectivity index (χ2v) is 5.03. The van der Waals surface area contributed by atoms with Crippen molar-refractivity contribution in [1.82, 2.24) is 4.90 Å². The molecule has 1 aliphatic rings. The van der Waals surface area contributed by atoms with Gasteiger partial charge >= 0.3 is 0 Å². The van der Waals surface area contributed by atoms with Gasteiger partial charge in [0.1, 0.15) is 5.84 Å². The lowest BCUT2D eigenvalue weighted by Crippen LogP contribution is -2.17. The minimum atomic E-state index is 0.131. The largest absolute Gasteiger partial charge is 0.384 e. The first kappa shape index (κ1) is 11.9. The summed E-state index contributed by atoms with van der Waals surface area (Å²) < 4.78 is 0. The van der Waals surface area contributed by atoms with Crippen molar-refractivity contribution in [3.8, 4) is 0 Å². The maximum atomic E-state index is 7.49. The molecule has 3 N–H and O–H groups in total. The number of fused-ring (bicyclic) bond motifs is 1. The van der Waals surface area contributed by atoms with Crippen molar-refractivity contribution in [1.29, 1.82) is 5.41 Å². The Labute approximate surface area is 113 Å². The van der Waals surface area contributed by atoms with E-state index in [0.717, 1.165) is 25.2 Å². The fourth-order valence-electron chi connectivity index (χ4n) is 2.61. The van der Waals surface area contributed by atoms with Crippen LogP contribution in [0.25, 0.3) is 0 Å². The lowest BCUT2D eigenvalue weighted by atomic mass is 10.1. The van der Waals surface area contributed by atoms with Crippen molar-refractivity contribution in [2.75, 3.05) is 0 Å². The Balaban J connectivity index is 1.74. The summed E-state index contributed by atoms with van der Waals surface area (Å²) in [5.41, 5.74) is 10.4. The smallest absolute Gasteiger partial charge is 0.122 e. The summed E-state index contributed by atoms with van der Waals surface area (Å²) in [5, 5.41) is 7.49. The van der Waals surface area contributed by atoms with Crippen molar-refractivity contribution < 1.29 is 0 Å². The fraction of sp³-hybridized carbons (Fsp3) is 0.188. The lowest BCUT2D eigenvalue weighted by Gasteiger charge is -2.15. The summed E-state index contributed by atoms with van der Waals surface area (Å²) in [7, 11) is 0. The van der Waals surface area contributed by atoms with E-state index in [-0.39, 0.29) is 5.84 Å². The third-order valence-electron chi connectivity index (χ3n) is 3.55. The van der Waals surface area contributed by atoms with Gasteiger partial charge in [-0.25, -0.2) is 0 Å². The van der Waals surface area contributed by atoms with Crippen LogP contribution in [-0.2, 0) is 19.6 Å². The maximum Gasteiger partial charge on any atom is 0.122 e. The van der Waals surface area contributed by atoms with Crippen LogP contribution in [0.3, 0.4) is 0 Å². The zero-order valence-corrected chi connectivity index (χ0v) is 10.8. The molecular weight excluding hydrogens is 234 g/mol. The van der Waals surface area contributed by atoms with E-state index >= 15 is 0 Å². The number of hydrogen-bond acceptors (Lipinski definition) is 2. The van der Waals surface area contributed by atoms with Gasteiger partial charge in [-0.1, -0.05) is 42.5 Å². The van der Waals surface area contributed by atoms with E-state index in [0.29, 0.717) is 0 Å². The van der Waals surface area contributed by atoms with Crippen LogP contribution >= 0.6 is 0 Å². The van der Waals surface area contributed by atoms with Gasteiger partial charge in [0, 0.05) is 25.2 Å². The SMILES string of the molecule is N=C(N)c1cccc(CN2Cc3ccccc3C2)c1. The van der Waals surface area contributed by atoms with E-state index in [1.54, 1.807) is 0 Å². The van der Waals surface area contributed by atoms with Crippen LogP contribution < -0.4 is 5.73 Å². The molecule has 2 aromatic rings. The van der Waals surface area contributed by atoms with Crippen molar-refractivity contribution in [3.63, 3.8) is 0 Å². The number of hydrogen-bond donors (Lipinski definition) is 2. The second kappa shape index (κ2) is 4.86. The molecule has 1 aliphatic heterocycles. The molecule has 0 unspecified atom stereocenters. The molecular formula is C16H17N3. The Morgan fingerprint density at radius 2 is 1.74 bits per heavy atom. The Morgan fingerprint density at radius 3 is 2.37 bits per heavy atom.